The maximum Gasteiger partial charge on any atom is 0.227 e. The second-order valence-electron chi connectivity index (χ2n) is 4.60. The van der Waals surface area contributed by atoms with Crippen molar-refractivity contribution in [3.05, 3.63) is 29.3 Å². The van der Waals surface area contributed by atoms with Crippen molar-refractivity contribution in [2.75, 3.05) is 18.1 Å². The van der Waals surface area contributed by atoms with E-state index in [9.17, 15) is 4.79 Å². The molecule has 1 aliphatic rings. The lowest BCUT2D eigenvalue weighted by Gasteiger charge is -2.17. The van der Waals surface area contributed by atoms with Gasteiger partial charge in [-0.05, 0) is 37.1 Å². The Kier molecular flexibility index (Phi) is 2.97. The van der Waals surface area contributed by atoms with Crippen molar-refractivity contribution in [2.24, 2.45) is 5.92 Å². The van der Waals surface area contributed by atoms with Crippen molar-refractivity contribution in [1.29, 1.82) is 0 Å². The van der Waals surface area contributed by atoms with Crippen LogP contribution in [0.1, 0.15) is 17.5 Å². The molecule has 2 rings (SSSR count). The van der Waals surface area contributed by atoms with E-state index < -0.39 is 0 Å². The first-order valence-electron chi connectivity index (χ1n) is 5.59. The Balaban J connectivity index is 2.27. The first-order chi connectivity index (χ1) is 7.60. The van der Waals surface area contributed by atoms with Gasteiger partial charge in [0.1, 0.15) is 0 Å². The highest BCUT2D eigenvalue weighted by Crippen LogP contribution is 2.26. The van der Waals surface area contributed by atoms with Gasteiger partial charge in [-0.1, -0.05) is 6.07 Å². The van der Waals surface area contributed by atoms with Gasteiger partial charge in [-0.2, -0.15) is 0 Å². The van der Waals surface area contributed by atoms with Gasteiger partial charge < -0.3 is 10.0 Å². The Morgan fingerprint density at radius 2 is 1.94 bits per heavy atom. The van der Waals surface area contributed by atoms with Gasteiger partial charge in [-0.25, -0.2) is 0 Å². The van der Waals surface area contributed by atoms with E-state index in [4.69, 9.17) is 5.11 Å². The molecular weight excluding hydrogens is 202 g/mol. The highest BCUT2D eigenvalue weighted by molar-refractivity contribution is 5.95. The number of aliphatic hydroxyl groups excluding tert-OH is 1. The molecule has 1 heterocycles. The molecule has 16 heavy (non-hydrogen) atoms. The first-order valence-corrected chi connectivity index (χ1v) is 5.59. The number of hydrogen-bond donors (Lipinski definition) is 1. The van der Waals surface area contributed by atoms with Gasteiger partial charge in [0.05, 0.1) is 0 Å². The number of benzene rings is 1. The number of carbonyl (C=O) groups excluding carboxylic acids is 1. The van der Waals surface area contributed by atoms with Crippen LogP contribution in [0.3, 0.4) is 0 Å². The quantitative estimate of drug-likeness (QED) is 0.821. The average Bonchev–Trinajstić information content (AvgIpc) is 2.58. The molecule has 0 spiro atoms. The van der Waals surface area contributed by atoms with E-state index in [0.29, 0.717) is 13.0 Å². The van der Waals surface area contributed by atoms with Gasteiger partial charge in [0.25, 0.3) is 0 Å². The second kappa shape index (κ2) is 4.26. The Morgan fingerprint density at radius 3 is 2.44 bits per heavy atom. The third-order valence-electron chi connectivity index (χ3n) is 2.98. The van der Waals surface area contributed by atoms with Gasteiger partial charge in [0, 0.05) is 31.2 Å². The van der Waals surface area contributed by atoms with E-state index in [1.54, 1.807) is 4.90 Å². The van der Waals surface area contributed by atoms with E-state index in [1.807, 2.05) is 26.0 Å². The van der Waals surface area contributed by atoms with Crippen LogP contribution in [0, 0.1) is 19.8 Å². The van der Waals surface area contributed by atoms with Crippen LogP contribution in [0.2, 0.25) is 0 Å². The van der Waals surface area contributed by atoms with Crippen molar-refractivity contribution in [3.8, 4) is 0 Å². The minimum Gasteiger partial charge on any atom is -0.396 e. The molecule has 86 valence electrons. The third-order valence-corrected chi connectivity index (χ3v) is 2.98. The zero-order valence-electron chi connectivity index (χ0n) is 9.73. The van der Waals surface area contributed by atoms with Crippen LogP contribution in [0.4, 0.5) is 5.69 Å². The number of rotatable bonds is 2. The lowest BCUT2D eigenvalue weighted by Crippen LogP contribution is -2.25. The lowest BCUT2D eigenvalue weighted by molar-refractivity contribution is -0.117. The predicted molar refractivity (Wildman–Crippen MR) is 63.5 cm³/mol. The standard InChI is InChI=1S/C13H17NO2/c1-9-3-10(2)5-12(4-9)14-7-11(8-15)6-13(14)16/h3-5,11,15H,6-8H2,1-2H3. The molecule has 1 atom stereocenters. The molecule has 1 N–H and O–H groups in total. The molecule has 0 aliphatic carbocycles. The number of aliphatic hydroxyl groups is 1. The van der Waals surface area contributed by atoms with E-state index >= 15 is 0 Å². The fourth-order valence-electron chi connectivity index (χ4n) is 2.26. The molecule has 0 radical (unpaired) electrons. The molecule has 1 saturated heterocycles. The second-order valence-corrected chi connectivity index (χ2v) is 4.60. The van der Waals surface area contributed by atoms with Crippen molar-refractivity contribution < 1.29 is 9.90 Å². The highest BCUT2D eigenvalue weighted by atomic mass is 16.3. The minimum absolute atomic E-state index is 0.0903. The van der Waals surface area contributed by atoms with Crippen LogP contribution < -0.4 is 4.90 Å². The van der Waals surface area contributed by atoms with Gasteiger partial charge in [-0.15, -0.1) is 0 Å². The van der Waals surface area contributed by atoms with E-state index in [1.165, 1.54) is 0 Å². The summed E-state index contributed by atoms with van der Waals surface area (Å²) in [5.74, 6) is 0.206. The summed E-state index contributed by atoms with van der Waals surface area (Å²) in [5, 5.41) is 9.08. The van der Waals surface area contributed by atoms with E-state index in [0.717, 1.165) is 16.8 Å². The normalized spacial score (nSPS) is 20.6. The average molecular weight is 219 g/mol. The summed E-state index contributed by atoms with van der Waals surface area (Å²) in [6.45, 7) is 4.78. The van der Waals surface area contributed by atoms with Crippen LogP contribution in [-0.2, 0) is 4.79 Å². The molecule has 1 aliphatic heterocycles. The Morgan fingerprint density at radius 1 is 1.31 bits per heavy atom. The summed E-state index contributed by atoms with van der Waals surface area (Å²) < 4.78 is 0. The van der Waals surface area contributed by atoms with Gasteiger partial charge in [0.2, 0.25) is 5.91 Å². The molecule has 3 heteroatoms. The van der Waals surface area contributed by atoms with Crippen molar-refractivity contribution in [2.45, 2.75) is 20.3 Å². The van der Waals surface area contributed by atoms with Crippen LogP contribution in [0.15, 0.2) is 18.2 Å². The molecule has 1 aromatic rings. The minimum atomic E-state index is 0.0903. The molecule has 3 nitrogen and oxygen atoms in total. The van der Waals surface area contributed by atoms with Gasteiger partial charge in [-0.3, -0.25) is 4.79 Å². The molecule has 0 bridgehead atoms. The maximum absolute atomic E-state index is 11.8. The molecular formula is C13H17NO2. The van der Waals surface area contributed by atoms with Crippen LogP contribution in [0.25, 0.3) is 0 Å². The molecule has 0 aromatic heterocycles. The highest BCUT2D eigenvalue weighted by Gasteiger charge is 2.30. The molecule has 1 unspecified atom stereocenters. The lowest BCUT2D eigenvalue weighted by atomic mass is 10.1. The Bertz CT molecular complexity index is 394. The van der Waals surface area contributed by atoms with E-state index in [2.05, 4.69) is 6.07 Å². The monoisotopic (exact) mass is 219 g/mol. The Hall–Kier alpha value is -1.35. The zero-order valence-corrected chi connectivity index (χ0v) is 9.73. The molecule has 1 fully saturated rings. The summed E-state index contributed by atoms with van der Waals surface area (Å²) in [7, 11) is 0. The number of hydrogen-bond acceptors (Lipinski definition) is 2. The number of carbonyl (C=O) groups is 1. The molecule has 1 amide bonds. The predicted octanol–water partition coefficient (Wildman–Crippen LogP) is 1.65. The maximum atomic E-state index is 11.8. The van der Waals surface area contributed by atoms with Gasteiger partial charge >= 0.3 is 0 Å². The largest absolute Gasteiger partial charge is 0.396 e. The van der Waals surface area contributed by atoms with Crippen molar-refractivity contribution in [3.63, 3.8) is 0 Å². The summed E-state index contributed by atoms with van der Waals surface area (Å²) in [5.41, 5.74) is 3.28. The SMILES string of the molecule is Cc1cc(C)cc(N2CC(CO)CC2=O)c1. The molecule has 0 saturated carbocycles. The number of amides is 1. The van der Waals surface area contributed by atoms with Crippen LogP contribution >= 0.6 is 0 Å². The first kappa shape index (κ1) is 11.1. The zero-order chi connectivity index (χ0) is 11.7. The third kappa shape index (κ3) is 2.09. The van der Waals surface area contributed by atoms with Crippen LogP contribution in [0.5, 0.6) is 0 Å². The summed E-state index contributed by atoms with van der Waals surface area (Å²) in [4.78, 5) is 13.6. The smallest absolute Gasteiger partial charge is 0.227 e. The summed E-state index contributed by atoms with van der Waals surface area (Å²) in [6, 6.07) is 6.13. The molecule has 1 aromatic carbocycles. The van der Waals surface area contributed by atoms with Gasteiger partial charge in [0.15, 0.2) is 0 Å². The number of aryl methyl sites for hydroxylation is 2. The number of anilines is 1. The fraction of sp³-hybridized carbons (Fsp3) is 0.462. The summed E-state index contributed by atoms with van der Waals surface area (Å²) >= 11 is 0. The van der Waals surface area contributed by atoms with Crippen molar-refractivity contribution >= 4 is 11.6 Å². The summed E-state index contributed by atoms with van der Waals surface area (Å²) in [6.07, 6.45) is 0.462. The van der Waals surface area contributed by atoms with Crippen LogP contribution in [-0.4, -0.2) is 24.2 Å². The number of nitrogens with zero attached hydrogens (tertiary/aromatic N) is 1. The fourth-order valence-corrected chi connectivity index (χ4v) is 2.26. The van der Waals surface area contributed by atoms with Crippen molar-refractivity contribution in [1.82, 2.24) is 0 Å². The van der Waals surface area contributed by atoms with E-state index in [-0.39, 0.29) is 18.4 Å². The Labute approximate surface area is 95.7 Å². The topological polar surface area (TPSA) is 40.5 Å².